The summed E-state index contributed by atoms with van der Waals surface area (Å²) in [5.41, 5.74) is 0. The van der Waals surface area contributed by atoms with Crippen molar-refractivity contribution in [1.29, 1.82) is 5.26 Å². The first-order valence-corrected chi connectivity index (χ1v) is 1.86. The molecule has 0 radical (unpaired) electrons. The first-order valence-electron chi connectivity index (χ1n) is 1.86. The third-order valence-electron chi connectivity index (χ3n) is 0.399. The molecule has 0 unspecified atom stereocenters. The van der Waals surface area contributed by atoms with Crippen molar-refractivity contribution in [2.45, 2.75) is 6.42 Å². The minimum absolute atomic E-state index is 0.340. The van der Waals surface area contributed by atoms with Crippen molar-refractivity contribution in [1.82, 2.24) is 0 Å². The van der Waals surface area contributed by atoms with Crippen LogP contribution >= 0.6 is 0 Å². The van der Waals surface area contributed by atoms with Gasteiger partial charge >= 0.3 is 0 Å². The minimum Gasteiger partial charge on any atom is -0.446 e. The maximum atomic E-state index is 7.89. The molecule has 0 aliphatic heterocycles. The first kappa shape index (κ1) is 5.85. The SMILES string of the molecule is C#COCCC#N. The van der Waals surface area contributed by atoms with E-state index in [9.17, 15) is 0 Å². The van der Waals surface area contributed by atoms with Gasteiger partial charge in [0.2, 0.25) is 0 Å². The Kier molecular flexibility index (Phi) is 4.05. The summed E-state index contributed by atoms with van der Waals surface area (Å²) in [6, 6.07) is 1.88. The number of rotatable bonds is 2. The van der Waals surface area contributed by atoms with Crippen LogP contribution in [0.5, 0.6) is 0 Å². The molecule has 0 aliphatic rings. The summed E-state index contributed by atoms with van der Waals surface area (Å²) in [5.74, 6) is 0. The van der Waals surface area contributed by atoms with E-state index in [1.54, 1.807) is 0 Å². The number of terminal acetylenes is 1. The normalized spacial score (nSPS) is 6.00. The standard InChI is InChI=1S/C5H5NO/c1-2-7-5-3-4-6/h1H,3,5H2. The van der Waals surface area contributed by atoms with Crippen LogP contribution in [0.1, 0.15) is 6.42 Å². The van der Waals surface area contributed by atoms with Gasteiger partial charge in [0, 0.05) is 0 Å². The first-order chi connectivity index (χ1) is 3.41. The maximum absolute atomic E-state index is 7.89. The molecule has 0 aliphatic carbocycles. The van der Waals surface area contributed by atoms with Crippen LogP contribution in [0.3, 0.4) is 0 Å². The molecule has 0 amide bonds. The van der Waals surface area contributed by atoms with Gasteiger partial charge in [-0.1, -0.05) is 6.42 Å². The fourth-order valence-electron chi connectivity index (χ4n) is 0.156. The fraction of sp³-hybridized carbons (Fsp3) is 0.400. The summed E-state index contributed by atoms with van der Waals surface area (Å²) in [5, 5.41) is 7.89. The Bertz CT molecular complexity index is 92.2. The van der Waals surface area contributed by atoms with E-state index in [-0.39, 0.29) is 0 Å². The van der Waals surface area contributed by atoms with Crippen molar-refractivity contribution >= 4 is 0 Å². The highest BCUT2D eigenvalue weighted by Gasteiger charge is 1.75. The largest absolute Gasteiger partial charge is 0.446 e. The zero-order valence-corrected chi connectivity index (χ0v) is 3.85. The second kappa shape index (κ2) is 4.85. The summed E-state index contributed by atoms with van der Waals surface area (Å²) >= 11 is 0. The van der Waals surface area contributed by atoms with Gasteiger partial charge in [0.05, 0.1) is 12.5 Å². The van der Waals surface area contributed by atoms with Gasteiger partial charge in [-0.25, -0.2) is 0 Å². The average molecular weight is 95.1 g/mol. The van der Waals surface area contributed by atoms with Gasteiger partial charge in [0.1, 0.15) is 12.7 Å². The topological polar surface area (TPSA) is 33.0 Å². The zero-order chi connectivity index (χ0) is 5.54. The molecule has 0 rings (SSSR count). The van der Waals surface area contributed by atoms with Gasteiger partial charge in [-0.15, -0.1) is 0 Å². The fourth-order valence-corrected chi connectivity index (χ4v) is 0.156. The van der Waals surface area contributed by atoms with E-state index in [4.69, 9.17) is 5.26 Å². The molecule has 0 saturated carbocycles. The minimum atomic E-state index is 0.340. The summed E-state index contributed by atoms with van der Waals surface area (Å²) in [4.78, 5) is 0. The number of nitriles is 1. The summed E-state index contributed by atoms with van der Waals surface area (Å²) < 4.78 is 4.38. The Balaban J connectivity index is 2.77. The van der Waals surface area contributed by atoms with Gasteiger partial charge in [-0.2, -0.15) is 5.26 Å². The molecule has 2 heteroatoms. The van der Waals surface area contributed by atoms with Crippen LogP contribution in [0.2, 0.25) is 0 Å². The van der Waals surface area contributed by atoms with Gasteiger partial charge in [-0.3, -0.25) is 0 Å². The van der Waals surface area contributed by atoms with Crippen LogP contribution in [-0.2, 0) is 4.74 Å². The summed E-state index contributed by atoms with van der Waals surface area (Å²) in [7, 11) is 0. The van der Waals surface area contributed by atoms with E-state index in [2.05, 4.69) is 11.2 Å². The summed E-state index contributed by atoms with van der Waals surface area (Å²) in [6.45, 7) is 0.340. The molecule has 0 fully saturated rings. The molecular formula is C5H5NO. The highest BCUT2D eigenvalue weighted by atomic mass is 16.5. The van der Waals surface area contributed by atoms with Crippen LogP contribution in [0.4, 0.5) is 0 Å². The monoisotopic (exact) mass is 95.0 g/mol. The Morgan fingerprint density at radius 3 is 2.86 bits per heavy atom. The Hall–Kier alpha value is -1.15. The Labute approximate surface area is 42.7 Å². The Morgan fingerprint density at radius 1 is 1.71 bits per heavy atom. The molecule has 36 valence electrons. The van der Waals surface area contributed by atoms with Crippen molar-refractivity contribution in [3.63, 3.8) is 0 Å². The lowest BCUT2D eigenvalue weighted by molar-refractivity contribution is 0.287. The van der Waals surface area contributed by atoms with Crippen LogP contribution in [0.25, 0.3) is 0 Å². The molecule has 0 saturated heterocycles. The molecule has 0 aromatic carbocycles. The van der Waals surface area contributed by atoms with E-state index < -0.39 is 0 Å². The highest BCUT2D eigenvalue weighted by Crippen LogP contribution is 1.74. The highest BCUT2D eigenvalue weighted by molar-refractivity contribution is 4.72. The van der Waals surface area contributed by atoms with Crippen LogP contribution < -0.4 is 0 Å². The number of hydrogen-bond donors (Lipinski definition) is 0. The molecule has 0 bridgehead atoms. The quantitative estimate of drug-likeness (QED) is 0.369. The lowest BCUT2D eigenvalue weighted by Crippen LogP contribution is -1.82. The predicted molar refractivity (Wildman–Crippen MR) is 25.0 cm³/mol. The second-order valence-electron chi connectivity index (χ2n) is 0.874. The molecule has 0 heterocycles. The Morgan fingerprint density at radius 2 is 2.43 bits per heavy atom. The lowest BCUT2D eigenvalue weighted by atomic mass is 10.5. The van der Waals surface area contributed by atoms with Crippen molar-refractivity contribution in [2.24, 2.45) is 0 Å². The van der Waals surface area contributed by atoms with Crippen molar-refractivity contribution in [3.8, 4) is 18.6 Å². The number of ether oxygens (including phenoxy) is 1. The van der Waals surface area contributed by atoms with Gasteiger partial charge in [0.15, 0.2) is 0 Å². The molecule has 0 spiro atoms. The number of hydrogen-bond acceptors (Lipinski definition) is 2. The zero-order valence-electron chi connectivity index (χ0n) is 3.85. The van der Waals surface area contributed by atoms with E-state index in [1.807, 2.05) is 12.2 Å². The third-order valence-corrected chi connectivity index (χ3v) is 0.399. The molecule has 0 aromatic heterocycles. The molecule has 0 N–H and O–H groups in total. The van der Waals surface area contributed by atoms with Crippen LogP contribution in [-0.4, -0.2) is 6.61 Å². The van der Waals surface area contributed by atoms with E-state index in [0.29, 0.717) is 13.0 Å². The van der Waals surface area contributed by atoms with Crippen molar-refractivity contribution < 1.29 is 4.74 Å². The van der Waals surface area contributed by atoms with Gasteiger partial charge in [-0.05, 0) is 0 Å². The second-order valence-corrected chi connectivity index (χ2v) is 0.874. The molecule has 2 nitrogen and oxygen atoms in total. The third kappa shape index (κ3) is 4.85. The van der Waals surface area contributed by atoms with Gasteiger partial charge < -0.3 is 4.74 Å². The maximum Gasteiger partial charge on any atom is 0.113 e. The predicted octanol–water partition coefficient (Wildman–Crippen LogP) is 0.507. The smallest absolute Gasteiger partial charge is 0.113 e. The summed E-state index contributed by atoms with van der Waals surface area (Å²) in [6.07, 6.45) is 7.00. The number of nitrogens with zero attached hydrogens (tertiary/aromatic N) is 1. The van der Waals surface area contributed by atoms with E-state index in [0.717, 1.165) is 0 Å². The molecular weight excluding hydrogens is 90.1 g/mol. The van der Waals surface area contributed by atoms with Crippen LogP contribution in [0, 0.1) is 23.9 Å². The lowest BCUT2D eigenvalue weighted by Gasteiger charge is -1.84. The van der Waals surface area contributed by atoms with E-state index in [1.165, 1.54) is 0 Å². The molecule has 0 atom stereocenters. The van der Waals surface area contributed by atoms with Crippen LogP contribution in [0.15, 0.2) is 0 Å². The van der Waals surface area contributed by atoms with Crippen molar-refractivity contribution in [2.75, 3.05) is 6.61 Å². The van der Waals surface area contributed by atoms with Crippen molar-refractivity contribution in [3.05, 3.63) is 0 Å². The van der Waals surface area contributed by atoms with Gasteiger partial charge in [0.25, 0.3) is 0 Å². The molecule has 7 heavy (non-hydrogen) atoms. The average Bonchev–Trinajstić information content (AvgIpc) is 1.69. The molecule has 0 aromatic rings. The van der Waals surface area contributed by atoms with E-state index >= 15 is 0 Å².